The van der Waals surface area contributed by atoms with E-state index in [1.54, 1.807) is 49.6 Å². The van der Waals surface area contributed by atoms with E-state index in [1.165, 1.54) is 20.0 Å². The van der Waals surface area contributed by atoms with Crippen LogP contribution in [-0.2, 0) is 11.3 Å². The number of hydrogen-bond acceptors (Lipinski definition) is 5. The van der Waals surface area contributed by atoms with Crippen molar-refractivity contribution in [3.05, 3.63) is 101 Å². The number of rotatable bonds is 6. The maximum absolute atomic E-state index is 12.8. The first-order chi connectivity index (χ1) is 15.0. The van der Waals surface area contributed by atoms with Gasteiger partial charge in [0.25, 0.3) is 5.91 Å². The van der Waals surface area contributed by atoms with Gasteiger partial charge in [0.15, 0.2) is 5.65 Å². The molecule has 2 aromatic carbocycles. The Bertz CT molecular complexity index is 1290. The number of fused-ring (bicyclic) bond motifs is 1. The average Bonchev–Trinajstić information content (AvgIpc) is 3.14. The fourth-order valence-electron chi connectivity index (χ4n) is 3.16. The molecule has 0 aliphatic heterocycles. The SMILES string of the molecule is CN(C(=O)c1cccc(C(=O)OCCn2nc3ccccn3c2=O)c1)c1ccccc1. The average molecular weight is 416 g/mol. The molecule has 4 rings (SSSR count). The molecule has 8 nitrogen and oxygen atoms in total. The standard InChI is InChI=1S/C23H20N4O4/c1-25(19-10-3-2-4-11-19)21(28)17-8-7-9-18(16-17)22(29)31-15-14-27-23(30)26-13-6-5-12-20(26)24-27/h2-13,16H,14-15H2,1H3. The third kappa shape index (κ3) is 4.23. The van der Waals surface area contributed by atoms with Crippen molar-refractivity contribution in [2.75, 3.05) is 18.6 Å². The summed E-state index contributed by atoms with van der Waals surface area (Å²) in [4.78, 5) is 39.0. The summed E-state index contributed by atoms with van der Waals surface area (Å²) in [5.74, 6) is -0.814. The summed E-state index contributed by atoms with van der Waals surface area (Å²) in [5, 5.41) is 4.19. The van der Waals surface area contributed by atoms with E-state index in [0.717, 1.165) is 5.69 Å². The molecule has 4 aromatic rings. The minimum Gasteiger partial charge on any atom is -0.460 e. The van der Waals surface area contributed by atoms with E-state index >= 15 is 0 Å². The van der Waals surface area contributed by atoms with E-state index in [0.29, 0.717) is 11.2 Å². The first kappa shape index (κ1) is 20.1. The number of carbonyl (C=O) groups is 2. The number of esters is 1. The lowest BCUT2D eigenvalue weighted by Crippen LogP contribution is -2.26. The molecule has 1 amide bonds. The van der Waals surface area contributed by atoms with Gasteiger partial charge in [0.2, 0.25) is 0 Å². The van der Waals surface area contributed by atoms with Crippen molar-refractivity contribution in [1.82, 2.24) is 14.2 Å². The van der Waals surface area contributed by atoms with E-state index < -0.39 is 5.97 Å². The Morgan fingerprint density at radius 1 is 0.968 bits per heavy atom. The van der Waals surface area contributed by atoms with Crippen LogP contribution in [0.25, 0.3) is 5.65 Å². The van der Waals surface area contributed by atoms with Crippen molar-refractivity contribution in [1.29, 1.82) is 0 Å². The topological polar surface area (TPSA) is 85.9 Å². The molecule has 0 aliphatic carbocycles. The van der Waals surface area contributed by atoms with Gasteiger partial charge in [-0.3, -0.25) is 9.20 Å². The van der Waals surface area contributed by atoms with Crippen LogP contribution in [-0.4, -0.2) is 39.7 Å². The molecule has 0 radical (unpaired) electrons. The highest BCUT2D eigenvalue weighted by atomic mass is 16.5. The summed E-state index contributed by atoms with van der Waals surface area (Å²) in [7, 11) is 1.68. The number of pyridine rings is 1. The highest BCUT2D eigenvalue weighted by molar-refractivity contribution is 6.06. The Morgan fingerprint density at radius 3 is 2.48 bits per heavy atom. The molecule has 0 N–H and O–H groups in total. The van der Waals surface area contributed by atoms with Crippen molar-refractivity contribution in [2.24, 2.45) is 0 Å². The molecule has 2 heterocycles. The van der Waals surface area contributed by atoms with Crippen molar-refractivity contribution < 1.29 is 14.3 Å². The van der Waals surface area contributed by atoms with Crippen LogP contribution in [0.1, 0.15) is 20.7 Å². The predicted molar refractivity (Wildman–Crippen MR) is 115 cm³/mol. The minimum atomic E-state index is -0.575. The number of aromatic nitrogens is 3. The van der Waals surface area contributed by atoms with Gasteiger partial charge in [0, 0.05) is 24.5 Å². The molecular weight excluding hydrogens is 396 g/mol. The summed E-state index contributed by atoms with van der Waals surface area (Å²) in [6.45, 7) is 0.104. The smallest absolute Gasteiger partial charge is 0.350 e. The number of para-hydroxylation sites is 1. The summed E-state index contributed by atoms with van der Waals surface area (Å²) in [6.07, 6.45) is 1.63. The van der Waals surface area contributed by atoms with Crippen LogP contribution in [0, 0.1) is 0 Å². The van der Waals surface area contributed by atoms with Gasteiger partial charge in [0.1, 0.15) is 6.61 Å². The van der Waals surface area contributed by atoms with E-state index in [1.807, 2.05) is 30.3 Å². The molecule has 156 valence electrons. The molecule has 2 aromatic heterocycles. The van der Waals surface area contributed by atoms with Crippen LogP contribution in [0.4, 0.5) is 5.69 Å². The van der Waals surface area contributed by atoms with Gasteiger partial charge in [-0.15, -0.1) is 5.10 Å². The van der Waals surface area contributed by atoms with Crippen LogP contribution in [0.3, 0.4) is 0 Å². The Balaban J connectivity index is 1.41. The number of ether oxygens (including phenoxy) is 1. The Hall–Kier alpha value is -4.20. The van der Waals surface area contributed by atoms with E-state index in [4.69, 9.17) is 4.74 Å². The third-order valence-corrected chi connectivity index (χ3v) is 4.82. The Kier molecular flexibility index (Phi) is 5.61. The van der Waals surface area contributed by atoms with E-state index in [9.17, 15) is 14.4 Å². The number of amides is 1. The monoisotopic (exact) mass is 416 g/mol. The van der Waals surface area contributed by atoms with Gasteiger partial charge in [-0.05, 0) is 42.5 Å². The lowest BCUT2D eigenvalue weighted by Gasteiger charge is -2.17. The highest BCUT2D eigenvalue weighted by Gasteiger charge is 2.16. The van der Waals surface area contributed by atoms with Crippen molar-refractivity contribution in [3.63, 3.8) is 0 Å². The molecule has 8 heteroatoms. The van der Waals surface area contributed by atoms with Gasteiger partial charge in [-0.1, -0.05) is 30.3 Å². The van der Waals surface area contributed by atoms with Crippen LogP contribution in [0.2, 0.25) is 0 Å². The molecule has 0 bridgehead atoms. The number of anilines is 1. The summed E-state index contributed by atoms with van der Waals surface area (Å²) >= 11 is 0. The second kappa shape index (κ2) is 8.66. The summed E-state index contributed by atoms with van der Waals surface area (Å²) < 4.78 is 7.95. The number of nitrogens with zero attached hydrogens (tertiary/aromatic N) is 4. The maximum Gasteiger partial charge on any atom is 0.350 e. The fourth-order valence-corrected chi connectivity index (χ4v) is 3.16. The first-order valence-corrected chi connectivity index (χ1v) is 9.69. The highest BCUT2D eigenvalue weighted by Crippen LogP contribution is 2.16. The molecule has 0 fully saturated rings. The molecule has 0 atom stereocenters. The normalized spacial score (nSPS) is 10.7. The minimum absolute atomic E-state index is 0.0231. The van der Waals surface area contributed by atoms with Crippen molar-refractivity contribution >= 4 is 23.2 Å². The van der Waals surface area contributed by atoms with Gasteiger partial charge in [-0.2, -0.15) is 0 Å². The van der Waals surface area contributed by atoms with Crippen LogP contribution < -0.4 is 10.6 Å². The first-order valence-electron chi connectivity index (χ1n) is 9.69. The zero-order chi connectivity index (χ0) is 21.8. The number of benzene rings is 2. The molecule has 0 unspecified atom stereocenters. The van der Waals surface area contributed by atoms with Crippen molar-refractivity contribution in [3.8, 4) is 0 Å². The van der Waals surface area contributed by atoms with Gasteiger partial charge < -0.3 is 9.64 Å². The van der Waals surface area contributed by atoms with Crippen LogP contribution in [0.15, 0.2) is 83.8 Å². The quantitative estimate of drug-likeness (QED) is 0.451. The Labute approximate surface area is 177 Å². The van der Waals surface area contributed by atoms with Crippen LogP contribution >= 0.6 is 0 Å². The zero-order valence-corrected chi connectivity index (χ0v) is 16.8. The lowest BCUT2D eigenvalue weighted by molar-refractivity contribution is 0.0486. The van der Waals surface area contributed by atoms with E-state index in [-0.39, 0.29) is 30.3 Å². The molecule has 0 saturated carbocycles. The maximum atomic E-state index is 12.8. The number of hydrogen-bond donors (Lipinski definition) is 0. The Morgan fingerprint density at radius 2 is 1.71 bits per heavy atom. The van der Waals surface area contributed by atoms with Crippen LogP contribution in [0.5, 0.6) is 0 Å². The summed E-state index contributed by atoms with van der Waals surface area (Å²) in [6, 6.07) is 20.8. The van der Waals surface area contributed by atoms with Gasteiger partial charge in [0.05, 0.1) is 12.1 Å². The van der Waals surface area contributed by atoms with E-state index in [2.05, 4.69) is 5.10 Å². The molecule has 0 spiro atoms. The molecular formula is C23H20N4O4. The second-order valence-electron chi connectivity index (χ2n) is 6.85. The molecule has 0 aliphatic rings. The predicted octanol–water partition coefficient (Wildman–Crippen LogP) is 2.63. The molecule has 31 heavy (non-hydrogen) atoms. The number of carbonyl (C=O) groups excluding carboxylic acids is 2. The molecule has 0 saturated heterocycles. The third-order valence-electron chi connectivity index (χ3n) is 4.82. The largest absolute Gasteiger partial charge is 0.460 e. The summed E-state index contributed by atoms with van der Waals surface area (Å²) in [5.41, 5.74) is 1.60. The zero-order valence-electron chi connectivity index (χ0n) is 16.8. The van der Waals surface area contributed by atoms with Gasteiger partial charge >= 0.3 is 11.7 Å². The van der Waals surface area contributed by atoms with Crippen molar-refractivity contribution in [2.45, 2.75) is 6.54 Å². The fraction of sp³-hybridized carbons (Fsp3) is 0.130. The lowest BCUT2D eigenvalue weighted by atomic mass is 10.1. The second-order valence-corrected chi connectivity index (χ2v) is 6.85. The van der Waals surface area contributed by atoms with Gasteiger partial charge in [-0.25, -0.2) is 14.3 Å².